The van der Waals surface area contributed by atoms with Crippen LogP contribution in [0.3, 0.4) is 0 Å². The summed E-state index contributed by atoms with van der Waals surface area (Å²) in [4.78, 5) is 19.2. The molecule has 2 aromatic carbocycles. The molecule has 1 aromatic heterocycles. The van der Waals surface area contributed by atoms with E-state index in [1.807, 2.05) is 75.1 Å². The number of halogens is 1. The SMILES string of the molecule is Cc1cc(OCc2nc(SCC(=O)N(Cc3ccccc3)C(C)(C)C)n[nH]2)ccc1Cl. The first-order chi connectivity index (χ1) is 14.7. The summed E-state index contributed by atoms with van der Waals surface area (Å²) >= 11 is 7.35. The molecule has 6 nitrogen and oxygen atoms in total. The Morgan fingerprint density at radius 3 is 2.61 bits per heavy atom. The minimum atomic E-state index is -0.289. The second-order valence-corrected chi connectivity index (χ2v) is 9.54. The molecule has 31 heavy (non-hydrogen) atoms. The summed E-state index contributed by atoms with van der Waals surface area (Å²) in [7, 11) is 0. The first-order valence-corrected chi connectivity index (χ1v) is 11.4. The molecule has 0 bridgehead atoms. The van der Waals surface area contributed by atoms with Crippen molar-refractivity contribution in [1.82, 2.24) is 20.1 Å². The molecule has 0 aliphatic rings. The number of carbonyl (C=O) groups excluding carboxylic acids is 1. The Bertz CT molecular complexity index is 1020. The molecule has 0 fully saturated rings. The third-order valence-corrected chi connectivity index (χ3v) is 5.89. The highest BCUT2D eigenvalue weighted by Crippen LogP contribution is 2.23. The van der Waals surface area contributed by atoms with Crippen molar-refractivity contribution in [3.05, 3.63) is 70.5 Å². The van der Waals surface area contributed by atoms with Crippen LogP contribution in [-0.4, -0.2) is 37.3 Å². The van der Waals surface area contributed by atoms with Crippen LogP contribution in [0.2, 0.25) is 5.02 Å². The second kappa shape index (κ2) is 10.2. The standard InChI is InChI=1S/C23H27ClN4O2S/c1-16-12-18(10-11-19(16)24)30-14-20-25-22(27-26-20)31-15-21(29)28(23(2,3)4)13-17-8-6-5-7-9-17/h5-12H,13-15H2,1-4H3,(H,25,26,27). The number of aromatic amines is 1. The molecule has 0 aliphatic carbocycles. The Kier molecular flexibility index (Phi) is 7.62. The summed E-state index contributed by atoms with van der Waals surface area (Å²) in [6.45, 7) is 8.87. The van der Waals surface area contributed by atoms with E-state index in [9.17, 15) is 4.79 Å². The molecule has 1 N–H and O–H groups in total. The van der Waals surface area contributed by atoms with Crippen molar-refractivity contribution in [2.75, 3.05) is 5.75 Å². The summed E-state index contributed by atoms with van der Waals surface area (Å²) in [5.41, 5.74) is 1.76. The maximum absolute atomic E-state index is 12.9. The van der Waals surface area contributed by atoms with Gasteiger partial charge in [-0.25, -0.2) is 4.98 Å². The van der Waals surface area contributed by atoms with E-state index in [2.05, 4.69) is 15.2 Å². The van der Waals surface area contributed by atoms with Gasteiger partial charge in [-0.05, 0) is 57.0 Å². The summed E-state index contributed by atoms with van der Waals surface area (Å²) in [6, 6.07) is 15.5. The van der Waals surface area contributed by atoms with Gasteiger partial charge in [-0.2, -0.15) is 0 Å². The monoisotopic (exact) mass is 458 g/mol. The zero-order chi connectivity index (χ0) is 22.4. The maximum Gasteiger partial charge on any atom is 0.233 e. The molecule has 1 amide bonds. The van der Waals surface area contributed by atoms with Gasteiger partial charge in [0.1, 0.15) is 12.4 Å². The van der Waals surface area contributed by atoms with Crippen LogP contribution in [-0.2, 0) is 17.9 Å². The van der Waals surface area contributed by atoms with Crippen molar-refractivity contribution in [2.24, 2.45) is 0 Å². The lowest BCUT2D eigenvalue weighted by molar-refractivity contribution is -0.133. The smallest absolute Gasteiger partial charge is 0.233 e. The number of hydrogen-bond donors (Lipinski definition) is 1. The lowest BCUT2D eigenvalue weighted by atomic mass is 10.0. The number of benzene rings is 2. The molecule has 164 valence electrons. The average molecular weight is 459 g/mol. The highest BCUT2D eigenvalue weighted by atomic mass is 35.5. The molecular weight excluding hydrogens is 432 g/mol. The molecule has 0 spiro atoms. The average Bonchev–Trinajstić information content (AvgIpc) is 3.19. The predicted molar refractivity (Wildman–Crippen MR) is 124 cm³/mol. The topological polar surface area (TPSA) is 71.1 Å². The largest absolute Gasteiger partial charge is 0.486 e. The maximum atomic E-state index is 12.9. The molecule has 0 saturated carbocycles. The van der Waals surface area contributed by atoms with Crippen LogP contribution in [0.25, 0.3) is 0 Å². The van der Waals surface area contributed by atoms with Crippen molar-refractivity contribution in [1.29, 1.82) is 0 Å². The Morgan fingerprint density at radius 2 is 1.94 bits per heavy atom. The summed E-state index contributed by atoms with van der Waals surface area (Å²) < 4.78 is 5.74. The van der Waals surface area contributed by atoms with Gasteiger partial charge in [0, 0.05) is 17.1 Å². The number of aryl methyl sites for hydroxylation is 1. The van der Waals surface area contributed by atoms with E-state index in [-0.39, 0.29) is 23.8 Å². The molecule has 0 atom stereocenters. The number of carbonyl (C=O) groups is 1. The van der Waals surface area contributed by atoms with Gasteiger partial charge < -0.3 is 9.64 Å². The van der Waals surface area contributed by atoms with Crippen LogP contribution < -0.4 is 4.74 Å². The zero-order valence-corrected chi connectivity index (χ0v) is 19.8. The fourth-order valence-electron chi connectivity index (χ4n) is 2.94. The highest BCUT2D eigenvalue weighted by Gasteiger charge is 2.26. The molecule has 0 unspecified atom stereocenters. The van der Waals surface area contributed by atoms with Crippen molar-refractivity contribution in [3.63, 3.8) is 0 Å². The third kappa shape index (κ3) is 6.74. The zero-order valence-electron chi connectivity index (χ0n) is 18.2. The van der Waals surface area contributed by atoms with Gasteiger partial charge in [0.15, 0.2) is 5.82 Å². The second-order valence-electron chi connectivity index (χ2n) is 8.19. The Balaban J connectivity index is 1.55. The summed E-state index contributed by atoms with van der Waals surface area (Å²) in [6.07, 6.45) is 0. The number of amides is 1. The predicted octanol–water partition coefficient (Wildman–Crippen LogP) is 5.26. The Hall–Kier alpha value is -2.51. The number of thioether (sulfide) groups is 1. The molecule has 1 heterocycles. The van der Waals surface area contributed by atoms with Crippen molar-refractivity contribution in [2.45, 2.75) is 51.5 Å². The fraction of sp³-hybridized carbons (Fsp3) is 0.348. The fourth-order valence-corrected chi connectivity index (χ4v) is 3.75. The van der Waals surface area contributed by atoms with E-state index in [1.54, 1.807) is 6.07 Å². The molecule has 3 aromatic rings. The van der Waals surface area contributed by atoms with E-state index in [1.165, 1.54) is 11.8 Å². The van der Waals surface area contributed by atoms with Crippen LogP contribution in [0.1, 0.15) is 37.7 Å². The van der Waals surface area contributed by atoms with Gasteiger partial charge in [-0.1, -0.05) is 53.7 Å². The lowest BCUT2D eigenvalue weighted by Crippen LogP contribution is -2.45. The van der Waals surface area contributed by atoms with Gasteiger partial charge in [0.05, 0.1) is 5.75 Å². The lowest BCUT2D eigenvalue weighted by Gasteiger charge is -2.35. The van der Waals surface area contributed by atoms with Crippen LogP contribution in [0, 0.1) is 6.92 Å². The number of rotatable bonds is 8. The van der Waals surface area contributed by atoms with Crippen LogP contribution in [0.15, 0.2) is 53.7 Å². The van der Waals surface area contributed by atoms with E-state index >= 15 is 0 Å². The number of nitrogens with one attached hydrogen (secondary N) is 1. The Morgan fingerprint density at radius 1 is 1.19 bits per heavy atom. The normalized spacial score (nSPS) is 11.4. The number of H-pyrrole nitrogens is 1. The van der Waals surface area contributed by atoms with Crippen molar-refractivity contribution >= 4 is 29.3 Å². The first-order valence-electron chi connectivity index (χ1n) is 10.00. The Labute approximate surface area is 192 Å². The van der Waals surface area contributed by atoms with Gasteiger partial charge in [0.25, 0.3) is 0 Å². The van der Waals surface area contributed by atoms with E-state index in [0.29, 0.717) is 28.3 Å². The molecular formula is C23H27ClN4O2S. The minimum absolute atomic E-state index is 0.0422. The molecule has 0 radical (unpaired) electrons. The van der Waals surface area contributed by atoms with Crippen LogP contribution >= 0.6 is 23.4 Å². The number of nitrogens with zero attached hydrogens (tertiary/aromatic N) is 3. The van der Waals surface area contributed by atoms with Gasteiger partial charge in [0.2, 0.25) is 11.1 Å². The highest BCUT2D eigenvalue weighted by molar-refractivity contribution is 7.99. The molecule has 0 saturated heterocycles. The van der Waals surface area contributed by atoms with Crippen LogP contribution in [0.4, 0.5) is 0 Å². The molecule has 0 aliphatic heterocycles. The van der Waals surface area contributed by atoms with Gasteiger partial charge in [-0.3, -0.25) is 9.89 Å². The summed E-state index contributed by atoms with van der Waals surface area (Å²) in [5.74, 6) is 1.61. The quantitative estimate of drug-likeness (QED) is 0.466. The van der Waals surface area contributed by atoms with Gasteiger partial charge in [-0.15, -0.1) is 5.10 Å². The third-order valence-electron chi connectivity index (χ3n) is 4.64. The van der Waals surface area contributed by atoms with E-state index in [0.717, 1.165) is 11.1 Å². The molecule has 8 heteroatoms. The van der Waals surface area contributed by atoms with Crippen molar-refractivity contribution in [3.8, 4) is 5.75 Å². The van der Waals surface area contributed by atoms with Crippen LogP contribution in [0.5, 0.6) is 5.75 Å². The first kappa shape index (κ1) is 23.2. The van der Waals surface area contributed by atoms with Gasteiger partial charge >= 0.3 is 0 Å². The van der Waals surface area contributed by atoms with E-state index in [4.69, 9.17) is 16.3 Å². The van der Waals surface area contributed by atoms with Crippen molar-refractivity contribution < 1.29 is 9.53 Å². The number of aromatic nitrogens is 3. The minimum Gasteiger partial charge on any atom is -0.486 e. The number of ether oxygens (including phenoxy) is 1. The number of hydrogen-bond acceptors (Lipinski definition) is 5. The summed E-state index contributed by atoms with van der Waals surface area (Å²) in [5, 5.41) is 8.28. The van der Waals surface area contributed by atoms with E-state index < -0.39 is 0 Å². The molecule has 3 rings (SSSR count).